The first-order valence-electron chi connectivity index (χ1n) is 8.25. The minimum absolute atomic E-state index is 0.0133. The van der Waals surface area contributed by atoms with Gasteiger partial charge in [0, 0.05) is 11.6 Å². The number of aromatic nitrogens is 4. The largest absolute Gasteiger partial charge is 0.573 e. The third-order valence-corrected chi connectivity index (χ3v) is 4.79. The number of nitrogens with zero attached hydrogens (tertiary/aromatic N) is 4. The normalized spacial score (nSPS) is 11.2. The third-order valence-electron chi connectivity index (χ3n) is 3.49. The first kappa shape index (κ1) is 18.6. The topological polar surface area (TPSA) is 121 Å². The zero-order chi connectivity index (χ0) is 19.3. The van der Waals surface area contributed by atoms with Gasteiger partial charge >= 0.3 is 0 Å². The molecular formula is C17H18N5O4S-. The molecule has 142 valence electrons. The summed E-state index contributed by atoms with van der Waals surface area (Å²) in [6.45, 7) is 4.48. The van der Waals surface area contributed by atoms with Gasteiger partial charge in [-0.1, -0.05) is 24.3 Å². The van der Waals surface area contributed by atoms with E-state index in [1.54, 1.807) is 30.3 Å². The van der Waals surface area contributed by atoms with Crippen LogP contribution >= 0.6 is 0 Å². The van der Waals surface area contributed by atoms with Gasteiger partial charge in [-0.05, 0) is 31.2 Å². The first-order chi connectivity index (χ1) is 13.0. The maximum Gasteiger partial charge on any atom is 0.204 e. The second kappa shape index (κ2) is 8.04. The molecule has 0 bridgehead atoms. The lowest BCUT2D eigenvalue weighted by molar-refractivity contribution is 0.287. The van der Waals surface area contributed by atoms with Crippen molar-refractivity contribution in [3.8, 4) is 22.9 Å². The second-order valence-corrected chi connectivity index (χ2v) is 6.93. The summed E-state index contributed by atoms with van der Waals surface area (Å²) in [4.78, 5) is 0.0133. The highest BCUT2D eigenvalue weighted by Gasteiger charge is 2.12. The van der Waals surface area contributed by atoms with Crippen LogP contribution in [0.1, 0.15) is 13.8 Å². The molecule has 0 spiro atoms. The molecular weight excluding hydrogens is 370 g/mol. The Kier molecular flexibility index (Phi) is 5.55. The molecule has 2 aromatic carbocycles. The molecule has 1 heterocycles. The quantitative estimate of drug-likeness (QED) is 0.629. The first-order valence-corrected chi connectivity index (χ1v) is 9.69. The van der Waals surface area contributed by atoms with Gasteiger partial charge in [-0.15, -0.1) is 15.9 Å². The standard InChI is InChI=1S/C17H18N5O4S/c1-3-25-15-9-8-14(11-16(15)26-4-2)27(23,24)20-13-7-5-6-12(10-13)17-18-21-22-19-17/h5-11H,3-4H2,1-2H3,(H,18,19,21,22)/q-1. The van der Waals surface area contributed by atoms with E-state index in [0.717, 1.165) is 0 Å². The Morgan fingerprint density at radius 2 is 1.81 bits per heavy atom. The molecule has 3 aromatic rings. The molecule has 0 saturated carbocycles. The van der Waals surface area contributed by atoms with Crippen LogP contribution in [0.5, 0.6) is 11.5 Å². The van der Waals surface area contributed by atoms with Crippen LogP contribution in [0.2, 0.25) is 0 Å². The zero-order valence-electron chi connectivity index (χ0n) is 14.8. The van der Waals surface area contributed by atoms with Crippen molar-refractivity contribution in [2.75, 3.05) is 13.2 Å². The Hall–Kier alpha value is -3.14. The maximum atomic E-state index is 12.7. The van der Waals surface area contributed by atoms with Crippen LogP contribution < -0.4 is 9.47 Å². The van der Waals surface area contributed by atoms with Gasteiger partial charge in [0.1, 0.15) is 10.0 Å². The fourth-order valence-electron chi connectivity index (χ4n) is 2.37. The van der Waals surface area contributed by atoms with Crippen molar-refractivity contribution < 1.29 is 17.9 Å². The molecule has 0 amide bonds. The van der Waals surface area contributed by atoms with Crippen LogP contribution in [0.4, 0.5) is 5.69 Å². The van der Waals surface area contributed by atoms with Gasteiger partial charge in [0.15, 0.2) is 11.5 Å². The van der Waals surface area contributed by atoms with Gasteiger partial charge in [-0.25, -0.2) is 8.42 Å². The van der Waals surface area contributed by atoms with Crippen LogP contribution in [-0.2, 0) is 10.0 Å². The van der Waals surface area contributed by atoms with Crippen molar-refractivity contribution in [2.24, 2.45) is 0 Å². The molecule has 0 aliphatic carbocycles. The third kappa shape index (κ3) is 4.34. The average Bonchev–Trinajstić information content (AvgIpc) is 3.18. The predicted molar refractivity (Wildman–Crippen MR) is 98.6 cm³/mol. The Morgan fingerprint density at radius 1 is 1.04 bits per heavy atom. The zero-order valence-corrected chi connectivity index (χ0v) is 15.6. The Morgan fingerprint density at radius 3 is 2.52 bits per heavy atom. The van der Waals surface area contributed by atoms with E-state index in [1.807, 2.05) is 13.8 Å². The smallest absolute Gasteiger partial charge is 0.204 e. The lowest BCUT2D eigenvalue weighted by atomic mass is 10.2. The van der Waals surface area contributed by atoms with Crippen LogP contribution in [-0.4, -0.2) is 42.3 Å². The summed E-state index contributed by atoms with van der Waals surface area (Å²) in [5, 5.41) is 13.6. The summed E-state index contributed by atoms with van der Waals surface area (Å²) in [7, 11) is -3.95. The average molecular weight is 388 g/mol. The number of ether oxygens (including phenoxy) is 2. The molecule has 0 saturated heterocycles. The van der Waals surface area contributed by atoms with Gasteiger partial charge in [-0.2, -0.15) is 5.21 Å². The predicted octanol–water partition coefficient (Wildman–Crippen LogP) is 3.06. The van der Waals surface area contributed by atoms with Crippen LogP contribution in [0, 0.1) is 0 Å². The van der Waals surface area contributed by atoms with Crippen molar-refractivity contribution in [3.05, 3.63) is 47.2 Å². The number of tetrazole rings is 1. The highest BCUT2D eigenvalue weighted by molar-refractivity contribution is 7.94. The molecule has 1 N–H and O–H groups in total. The van der Waals surface area contributed by atoms with Crippen LogP contribution in [0.3, 0.4) is 0 Å². The van der Waals surface area contributed by atoms with E-state index in [0.29, 0.717) is 36.1 Å². The van der Waals surface area contributed by atoms with Gasteiger partial charge in [-0.3, -0.25) is 0 Å². The summed E-state index contributed by atoms with van der Waals surface area (Å²) >= 11 is 0. The van der Waals surface area contributed by atoms with E-state index in [1.165, 1.54) is 12.1 Å². The van der Waals surface area contributed by atoms with Gasteiger partial charge < -0.3 is 14.2 Å². The van der Waals surface area contributed by atoms with E-state index >= 15 is 0 Å². The fraction of sp³-hybridized carbons (Fsp3) is 0.235. The van der Waals surface area contributed by atoms with Crippen molar-refractivity contribution in [2.45, 2.75) is 18.7 Å². The van der Waals surface area contributed by atoms with Crippen molar-refractivity contribution >= 4 is 15.7 Å². The lowest BCUT2D eigenvalue weighted by Gasteiger charge is -2.23. The van der Waals surface area contributed by atoms with E-state index in [2.05, 4.69) is 25.3 Å². The lowest BCUT2D eigenvalue weighted by Crippen LogP contribution is -2.02. The summed E-state index contributed by atoms with van der Waals surface area (Å²) in [6.07, 6.45) is 0. The number of sulfonamides is 1. The fourth-order valence-corrected chi connectivity index (χ4v) is 3.36. The minimum atomic E-state index is -3.95. The highest BCUT2D eigenvalue weighted by atomic mass is 32.2. The van der Waals surface area contributed by atoms with E-state index in [9.17, 15) is 8.42 Å². The number of rotatable bonds is 8. The molecule has 9 nitrogen and oxygen atoms in total. The van der Waals surface area contributed by atoms with Crippen LogP contribution in [0.25, 0.3) is 16.1 Å². The highest BCUT2D eigenvalue weighted by Crippen LogP contribution is 2.35. The number of hydrogen-bond acceptors (Lipinski definition) is 7. The van der Waals surface area contributed by atoms with E-state index < -0.39 is 10.0 Å². The SMILES string of the molecule is CCOc1ccc(S(=O)(=O)[N-]c2cccc(-c3nn[nH]n3)c2)cc1OCC. The Labute approximate surface area is 156 Å². The molecule has 0 fully saturated rings. The van der Waals surface area contributed by atoms with Crippen molar-refractivity contribution in [3.63, 3.8) is 0 Å². The monoisotopic (exact) mass is 388 g/mol. The second-order valence-electron chi connectivity index (χ2n) is 5.33. The number of hydrogen-bond donors (Lipinski definition) is 1. The summed E-state index contributed by atoms with van der Waals surface area (Å²) < 4.78 is 40.3. The van der Waals surface area contributed by atoms with E-state index in [4.69, 9.17) is 9.47 Å². The van der Waals surface area contributed by atoms with Gasteiger partial charge in [0.05, 0.1) is 18.1 Å². The number of nitrogens with one attached hydrogen (secondary N) is 1. The molecule has 10 heteroatoms. The van der Waals surface area contributed by atoms with Crippen LogP contribution in [0.15, 0.2) is 47.4 Å². The number of benzene rings is 2. The van der Waals surface area contributed by atoms with Crippen molar-refractivity contribution in [1.82, 2.24) is 20.6 Å². The molecule has 27 heavy (non-hydrogen) atoms. The summed E-state index contributed by atoms with van der Waals surface area (Å²) in [5.41, 5.74) is 0.853. The Balaban J connectivity index is 1.89. The molecule has 0 radical (unpaired) electrons. The molecule has 0 aliphatic heterocycles. The van der Waals surface area contributed by atoms with E-state index in [-0.39, 0.29) is 10.6 Å². The van der Waals surface area contributed by atoms with Gasteiger partial charge in [0.2, 0.25) is 5.82 Å². The van der Waals surface area contributed by atoms with Gasteiger partial charge in [0.25, 0.3) is 0 Å². The molecule has 0 aliphatic rings. The summed E-state index contributed by atoms with van der Waals surface area (Å²) in [6, 6.07) is 11.0. The number of aromatic amines is 1. The number of H-pyrrole nitrogens is 1. The summed E-state index contributed by atoms with van der Waals surface area (Å²) in [5.74, 6) is 1.19. The molecule has 0 atom stereocenters. The minimum Gasteiger partial charge on any atom is -0.573 e. The van der Waals surface area contributed by atoms with Crippen molar-refractivity contribution in [1.29, 1.82) is 0 Å². The molecule has 1 aromatic heterocycles. The molecule has 0 unspecified atom stereocenters. The Bertz CT molecular complexity index is 1010. The maximum absolute atomic E-state index is 12.7. The molecule has 3 rings (SSSR count).